The predicted octanol–water partition coefficient (Wildman–Crippen LogP) is 3.94. The molecule has 5 rings (SSSR count). The lowest BCUT2D eigenvalue weighted by molar-refractivity contribution is 0.433. The molecule has 4 aromatic rings. The van der Waals surface area contributed by atoms with Gasteiger partial charge in [0, 0.05) is 10.1 Å². The second-order valence-corrected chi connectivity index (χ2v) is 7.46. The van der Waals surface area contributed by atoms with Crippen LogP contribution in [-0.4, -0.2) is 9.97 Å². The molecule has 0 bridgehead atoms. The van der Waals surface area contributed by atoms with E-state index in [1.54, 1.807) is 6.92 Å². The van der Waals surface area contributed by atoms with Gasteiger partial charge in [0.05, 0.1) is 17.0 Å². The molecule has 0 radical (unpaired) electrons. The average Bonchev–Trinajstić information content (AvgIpc) is 2.67. The van der Waals surface area contributed by atoms with Gasteiger partial charge in [-0.1, -0.05) is 53.8 Å². The third-order valence-corrected chi connectivity index (χ3v) is 5.73. The minimum atomic E-state index is -0.518. The quantitative estimate of drug-likeness (QED) is 0.482. The molecule has 1 N–H and O–H groups in total. The number of aryl methyl sites for hydroxylation is 1. The number of benzene rings is 2. The molecule has 1 aliphatic heterocycles. The summed E-state index contributed by atoms with van der Waals surface area (Å²) in [6, 6.07) is 17.2. The zero-order valence-corrected chi connectivity index (χ0v) is 15.2. The fourth-order valence-electron chi connectivity index (χ4n) is 3.62. The molecule has 0 unspecified atom stereocenters. The van der Waals surface area contributed by atoms with E-state index in [0.717, 1.165) is 15.6 Å². The Hall–Kier alpha value is -3.25. The van der Waals surface area contributed by atoms with Crippen molar-refractivity contribution in [2.24, 2.45) is 0 Å². The van der Waals surface area contributed by atoms with Crippen LogP contribution < -0.4 is 15.0 Å². The van der Waals surface area contributed by atoms with Crippen LogP contribution in [0.3, 0.4) is 0 Å². The number of rotatable bonds is 1. The topological polar surface area (TPSA) is 72.0 Å². The number of aromatic amines is 1. The molecule has 0 amide bonds. The number of aromatic nitrogens is 2. The fraction of sp³-hybridized carbons (Fsp3) is 0.0952. The molecule has 132 valence electrons. The van der Waals surface area contributed by atoms with Crippen LogP contribution in [0, 0.1) is 6.92 Å². The number of nitrogens with one attached hydrogen (secondary N) is 1. The van der Waals surface area contributed by atoms with Gasteiger partial charge in [0.15, 0.2) is 0 Å². The van der Waals surface area contributed by atoms with Gasteiger partial charge in [-0.2, -0.15) is 4.98 Å². The highest BCUT2D eigenvalue weighted by molar-refractivity contribution is 7.16. The second kappa shape index (κ2) is 5.89. The molecule has 3 heterocycles. The van der Waals surface area contributed by atoms with Crippen LogP contribution in [0.25, 0.3) is 10.1 Å². The third kappa shape index (κ3) is 2.41. The van der Waals surface area contributed by atoms with E-state index in [1.165, 1.54) is 11.3 Å². The summed E-state index contributed by atoms with van der Waals surface area (Å²) in [6.45, 7) is 1.71. The minimum Gasteiger partial charge on any atom is -0.437 e. The van der Waals surface area contributed by atoms with Crippen molar-refractivity contribution in [2.45, 2.75) is 12.8 Å². The Morgan fingerprint density at radius 3 is 2.56 bits per heavy atom. The fourth-order valence-corrected chi connectivity index (χ4v) is 4.55. The van der Waals surface area contributed by atoms with E-state index in [0.29, 0.717) is 22.7 Å². The molecule has 0 spiro atoms. The number of fused-ring (bicyclic) bond motifs is 4. The van der Waals surface area contributed by atoms with Crippen molar-refractivity contribution in [1.82, 2.24) is 9.97 Å². The highest BCUT2D eigenvalue weighted by Crippen LogP contribution is 2.46. The Morgan fingerprint density at radius 1 is 1.00 bits per heavy atom. The summed E-state index contributed by atoms with van der Waals surface area (Å²) in [5.74, 6) is 0.709. The van der Waals surface area contributed by atoms with E-state index in [-0.39, 0.29) is 16.2 Å². The smallest absolute Gasteiger partial charge is 0.258 e. The molecule has 1 aliphatic rings. The van der Waals surface area contributed by atoms with Gasteiger partial charge in [0.1, 0.15) is 11.6 Å². The Bertz CT molecular complexity index is 1310. The first kappa shape index (κ1) is 16.0. The van der Waals surface area contributed by atoms with Gasteiger partial charge < -0.3 is 9.72 Å². The largest absolute Gasteiger partial charge is 0.437 e. The van der Waals surface area contributed by atoms with Crippen LogP contribution in [0.4, 0.5) is 0 Å². The zero-order chi connectivity index (χ0) is 18.5. The third-order valence-electron chi connectivity index (χ3n) is 4.75. The predicted molar refractivity (Wildman–Crippen MR) is 105 cm³/mol. The van der Waals surface area contributed by atoms with Gasteiger partial charge in [-0.25, -0.2) is 0 Å². The van der Waals surface area contributed by atoms with Crippen LogP contribution in [0.1, 0.15) is 28.4 Å². The van der Waals surface area contributed by atoms with Gasteiger partial charge in [-0.05, 0) is 24.6 Å². The van der Waals surface area contributed by atoms with Gasteiger partial charge in [-0.3, -0.25) is 9.59 Å². The molecular formula is C21H14N2O3S. The molecule has 0 aliphatic carbocycles. The average molecular weight is 374 g/mol. The summed E-state index contributed by atoms with van der Waals surface area (Å²) in [5, 5.41) is 0.850. The first-order valence-corrected chi connectivity index (χ1v) is 9.34. The molecule has 0 fully saturated rings. The van der Waals surface area contributed by atoms with Crippen molar-refractivity contribution in [1.29, 1.82) is 0 Å². The van der Waals surface area contributed by atoms with E-state index >= 15 is 0 Å². The minimum absolute atomic E-state index is 0.108. The summed E-state index contributed by atoms with van der Waals surface area (Å²) in [5.41, 5.74) is 1.45. The number of hydrogen-bond donors (Lipinski definition) is 1. The first-order chi connectivity index (χ1) is 13.1. The maximum Gasteiger partial charge on any atom is 0.258 e. The van der Waals surface area contributed by atoms with E-state index in [4.69, 9.17) is 4.74 Å². The Labute approximate surface area is 157 Å². The first-order valence-electron chi connectivity index (χ1n) is 8.53. The highest BCUT2D eigenvalue weighted by atomic mass is 32.1. The standard InChI is InChI=1S/C21H14N2O3S/c1-11-22-19(24)17-15(12-7-3-2-4-8-12)16-18(26-20(17)23-11)13-9-5-6-10-14(13)27-21(16)25/h2-10,15H,1H3,(H,22,23,24)/t15-/m0/s1. The molecule has 27 heavy (non-hydrogen) atoms. The summed E-state index contributed by atoms with van der Waals surface area (Å²) >= 11 is 1.17. The Kier molecular flexibility index (Phi) is 3.48. The summed E-state index contributed by atoms with van der Waals surface area (Å²) in [4.78, 5) is 33.0. The number of H-pyrrole nitrogens is 1. The molecule has 0 saturated carbocycles. The molecule has 2 aromatic carbocycles. The van der Waals surface area contributed by atoms with E-state index in [9.17, 15) is 9.59 Å². The maximum absolute atomic E-state index is 13.1. The van der Waals surface area contributed by atoms with Crippen LogP contribution in [0.2, 0.25) is 0 Å². The van der Waals surface area contributed by atoms with E-state index in [2.05, 4.69) is 9.97 Å². The molecule has 2 aromatic heterocycles. The lowest BCUT2D eigenvalue weighted by Crippen LogP contribution is -2.28. The van der Waals surface area contributed by atoms with Crippen molar-refractivity contribution >= 4 is 21.4 Å². The maximum atomic E-state index is 13.1. The van der Waals surface area contributed by atoms with E-state index < -0.39 is 5.92 Å². The number of ether oxygens (including phenoxy) is 1. The van der Waals surface area contributed by atoms with Crippen LogP contribution >= 0.6 is 11.3 Å². The summed E-state index contributed by atoms with van der Waals surface area (Å²) < 4.78 is 6.80. The van der Waals surface area contributed by atoms with Crippen molar-refractivity contribution in [3.63, 3.8) is 0 Å². The lowest BCUT2D eigenvalue weighted by atomic mass is 9.85. The van der Waals surface area contributed by atoms with Crippen molar-refractivity contribution in [3.8, 4) is 11.6 Å². The van der Waals surface area contributed by atoms with Gasteiger partial charge in [-0.15, -0.1) is 0 Å². The summed E-state index contributed by atoms with van der Waals surface area (Å²) in [6.07, 6.45) is 0. The lowest BCUT2D eigenvalue weighted by Gasteiger charge is -2.27. The SMILES string of the molecule is Cc1nc2c(c(=O)[nH]1)[C@@H](c1ccccc1)c1c(c3ccccc3sc1=O)O2. The van der Waals surface area contributed by atoms with Crippen molar-refractivity contribution in [3.05, 3.63) is 97.0 Å². The Morgan fingerprint density at radius 2 is 1.74 bits per heavy atom. The molecular weight excluding hydrogens is 360 g/mol. The van der Waals surface area contributed by atoms with Gasteiger partial charge >= 0.3 is 0 Å². The highest BCUT2D eigenvalue weighted by Gasteiger charge is 2.36. The molecule has 5 nitrogen and oxygen atoms in total. The van der Waals surface area contributed by atoms with Crippen molar-refractivity contribution in [2.75, 3.05) is 0 Å². The number of nitrogens with zero attached hydrogens (tertiary/aromatic N) is 1. The van der Waals surface area contributed by atoms with Crippen molar-refractivity contribution < 1.29 is 4.74 Å². The van der Waals surface area contributed by atoms with Crippen LogP contribution in [0.5, 0.6) is 11.6 Å². The second-order valence-electron chi connectivity index (χ2n) is 6.44. The van der Waals surface area contributed by atoms with E-state index in [1.807, 2.05) is 54.6 Å². The van der Waals surface area contributed by atoms with Crippen LogP contribution in [0.15, 0.2) is 64.2 Å². The normalized spacial score (nSPS) is 15.1. The molecule has 1 atom stereocenters. The van der Waals surface area contributed by atoms with Crippen LogP contribution in [-0.2, 0) is 0 Å². The molecule has 0 saturated heterocycles. The monoisotopic (exact) mass is 374 g/mol. The van der Waals surface area contributed by atoms with Gasteiger partial charge in [0.2, 0.25) is 10.6 Å². The Balaban J connectivity index is 1.93. The number of hydrogen-bond acceptors (Lipinski definition) is 5. The van der Waals surface area contributed by atoms with Gasteiger partial charge in [0.25, 0.3) is 5.56 Å². The summed E-state index contributed by atoms with van der Waals surface area (Å²) in [7, 11) is 0. The molecule has 6 heteroatoms. The zero-order valence-electron chi connectivity index (χ0n) is 14.4.